The molecular weight excluding hydrogens is 414 g/mol. The lowest BCUT2D eigenvalue weighted by Gasteiger charge is -2.40. The van der Waals surface area contributed by atoms with Gasteiger partial charge >= 0.3 is 0 Å². The average molecular weight is 446 g/mol. The fraction of sp³-hybridized carbons (Fsp3) is 0.591. The molecule has 8 nitrogen and oxygen atoms in total. The van der Waals surface area contributed by atoms with Crippen molar-refractivity contribution in [1.29, 1.82) is 0 Å². The molecule has 1 saturated carbocycles. The van der Waals surface area contributed by atoms with Gasteiger partial charge in [0.05, 0.1) is 24.7 Å². The van der Waals surface area contributed by atoms with E-state index in [4.69, 9.17) is 4.74 Å². The molecule has 0 aromatic carbocycles. The second-order valence-corrected chi connectivity index (χ2v) is 10.4. The molecule has 2 aliphatic rings. The van der Waals surface area contributed by atoms with Crippen LogP contribution < -0.4 is 9.62 Å². The molecular formula is C22H31N5O3S. The predicted octanol–water partition coefficient (Wildman–Crippen LogP) is 2.36. The van der Waals surface area contributed by atoms with Crippen LogP contribution in [0.3, 0.4) is 0 Å². The van der Waals surface area contributed by atoms with Gasteiger partial charge in [-0.2, -0.15) is 10.2 Å². The first-order valence-corrected chi connectivity index (χ1v) is 12.9. The number of ether oxygens (including phenoxy) is 1. The van der Waals surface area contributed by atoms with Crippen molar-refractivity contribution in [2.45, 2.75) is 50.2 Å². The quantitative estimate of drug-likeness (QED) is 0.699. The van der Waals surface area contributed by atoms with Crippen LogP contribution in [0, 0.1) is 5.92 Å². The second kappa shape index (κ2) is 10.0. The molecule has 9 heteroatoms. The van der Waals surface area contributed by atoms with E-state index in [1.807, 2.05) is 24.3 Å². The van der Waals surface area contributed by atoms with Crippen molar-refractivity contribution in [3.05, 3.63) is 48.4 Å². The van der Waals surface area contributed by atoms with Gasteiger partial charge in [0, 0.05) is 43.4 Å². The van der Waals surface area contributed by atoms with Gasteiger partial charge in [0.25, 0.3) is 0 Å². The molecule has 4 rings (SSSR count). The summed E-state index contributed by atoms with van der Waals surface area (Å²) in [7, 11) is -3.27. The van der Waals surface area contributed by atoms with Crippen LogP contribution >= 0.6 is 0 Å². The maximum atomic E-state index is 11.9. The Morgan fingerprint density at radius 2 is 1.94 bits per heavy atom. The fourth-order valence-corrected chi connectivity index (χ4v) is 5.56. The van der Waals surface area contributed by atoms with Crippen molar-refractivity contribution in [3.63, 3.8) is 0 Å². The van der Waals surface area contributed by atoms with Crippen LogP contribution in [-0.4, -0.2) is 61.7 Å². The highest BCUT2D eigenvalue weighted by atomic mass is 32.2. The Morgan fingerprint density at radius 3 is 2.61 bits per heavy atom. The molecule has 0 bridgehead atoms. The Labute approximate surface area is 184 Å². The molecule has 1 saturated heterocycles. The van der Waals surface area contributed by atoms with Gasteiger partial charge < -0.3 is 9.64 Å². The van der Waals surface area contributed by atoms with E-state index in [1.54, 1.807) is 12.4 Å². The van der Waals surface area contributed by atoms with Gasteiger partial charge in [-0.05, 0) is 56.4 Å². The molecule has 0 amide bonds. The van der Waals surface area contributed by atoms with Gasteiger partial charge in [0.2, 0.25) is 10.0 Å². The van der Waals surface area contributed by atoms with E-state index in [2.05, 4.69) is 30.9 Å². The summed E-state index contributed by atoms with van der Waals surface area (Å²) >= 11 is 0. The maximum absolute atomic E-state index is 11.9. The topological polar surface area (TPSA) is 97.3 Å². The summed E-state index contributed by atoms with van der Waals surface area (Å²) in [6.45, 7) is 2.03. The first kappa shape index (κ1) is 22.1. The number of anilines is 1. The van der Waals surface area contributed by atoms with E-state index in [1.165, 1.54) is 6.26 Å². The summed E-state index contributed by atoms with van der Waals surface area (Å²) in [5, 5.41) is 8.26. The highest BCUT2D eigenvalue weighted by Gasteiger charge is 2.33. The Kier molecular flexibility index (Phi) is 7.14. The van der Waals surface area contributed by atoms with Crippen molar-refractivity contribution in [1.82, 2.24) is 19.9 Å². The monoisotopic (exact) mass is 445 g/mol. The van der Waals surface area contributed by atoms with Crippen molar-refractivity contribution in [3.8, 4) is 0 Å². The number of hydrogen-bond donors (Lipinski definition) is 1. The number of pyridine rings is 1. The van der Waals surface area contributed by atoms with Crippen molar-refractivity contribution >= 4 is 15.8 Å². The molecule has 2 atom stereocenters. The number of rotatable bonds is 7. The maximum Gasteiger partial charge on any atom is 0.208 e. The lowest BCUT2D eigenvalue weighted by atomic mass is 9.85. The first-order chi connectivity index (χ1) is 15.0. The number of hydrogen-bond acceptors (Lipinski definition) is 7. The van der Waals surface area contributed by atoms with E-state index in [0.717, 1.165) is 56.7 Å². The molecule has 31 heavy (non-hydrogen) atoms. The molecule has 0 spiro atoms. The molecule has 1 aliphatic heterocycles. The summed E-state index contributed by atoms with van der Waals surface area (Å²) < 4.78 is 32.9. The third kappa shape index (κ3) is 6.21. The first-order valence-electron chi connectivity index (χ1n) is 11.0. The van der Waals surface area contributed by atoms with Crippen LogP contribution in [0.5, 0.6) is 0 Å². The largest absolute Gasteiger partial charge is 0.378 e. The Morgan fingerprint density at radius 1 is 1.10 bits per heavy atom. The van der Waals surface area contributed by atoms with Gasteiger partial charge in [-0.3, -0.25) is 0 Å². The third-order valence-corrected chi connectivity index (χ3v) is 7.03. The van der Waals surface area contributed by atoms with E-state index in [0.29, 0.717) is 12.5 Å². The van der Waals surface area contributed by atoms with Crippen LogP contribution in [0.4, 0.5) is 5.82 Å². The minimum absolute atomic E-state index is 0.0724. The molecule has 3 heterocycles. The zero-order valence-corrected chi connectivity index (χ0v) is 18.7. The Bertz CT molecular complexity index is 921. The van der Waals surface area contributed by atoms with E-state index in [9.17, 15) is 8.42 Å². The molecule has 2 fully saturated rings. The average Bonchev–Trinajstić information content (AvgIpc) is 2.79. The summed E-state index contributed by atoms with van der Waals surface area (Å²) in [5.41, 5.74) is 1.07. The van der Waals surface area contributed by atoms with Gasteiger partial charge in [-0.15, -0.1) is 0 Å². The highest BCUT2D eigenvalue weighted by Crippen LogP contribution is 2.33. The van der Waals surface area contributed by atoms with E-state index >= 15 is 0 Å². The minimum atomic E-state index is -3.27. The number of piperidine rings is 1. The molecule has 2 aromatic heterocycles. The number of nitrogens with zero attached hydrogens (tertiary/aromatic N) is 4. The summed E-state index contributed by atoms with van der Waals surface area (Å²) in [6.07, 6.45) is 9.72. The van der Waals surface area contributed by atoms with Crippen molar-refractivity contribution in [2.75, 3.05) is 30.9 Å². The van der Waals surface area contributed by atoms with E-state index < -0.39 is 10.0 Å². The summed E-state index contributed by atoms with van der Waals surface area (Å²) in [4.78, 5) is 6.68. The van der Waals surface area contributed by atoms with E-state index in [-0.39, 0.29) is 18.1 Å². The number of nitrogens with one attached hydrogen (secondary N) is 1. The lowest BCUT2D eigenvalue weighted by molar-refractivity contribution is -0.00236. The van der Waals surface area contributed by atoms with Crippen LogP contribution in [0.2, 0.25) is 0 Å². The van der Waals surface area contributed by atoms with Gasteiger partial charge in [-0.1, -0.05) is 6.07 Å². The summed E-state index contributed by atoms with van der Waals surface area (Å²) in [6, 6.07) is 9.75. The normalized spacial score (nSPS) is 27.2. The van der Waals surface area contributed by atoms with Crippen LogP contribution in [0.1, 0.15) is 43.7 Å². The predicted molar refractivity (Wildman–Crippen MR) is 119 cm³/mol. The second-order valence-electron chi connectivity index (χ2n) is 8.63. The van der Waals surface area contributed by atoms with Crippen LogP contribution in [-0.2, 0) is 14.8 Å². The molecule has 2 aromatic rings. The standard InChI is InChI=1S/C22H31N5O3S/c1-31(28,29)26-21-11-14-27(22-6-2-3-12-23-22)15-18(21)16-30-19-9-7-17(8-10-19)20-5-4-13-24-25-20/h2-6,12-13,17-19,21,26H,7-11,14-16H2,1H3/t17?,18-,19?,21?/m0/s1. The van der Waals surface area contributed by atoms with Crippen LogP contribution in [0.15, 0.2) is 42.7 Å². The SMILES string of the molecule is CS(=O)(=O)NC1CCN(c2ccccn2)C[C@H]1COC1CCC(c2cccnn2)CC1. The zero-order chi connectivity index (χ0) is 21.7. The Balaban J connectivity index is 1.34. The molecule has 0 radical (unpaired) electrons. The van der Waals surface area contributed by atoms with Gasteiger partial charge in [0.15, 0.2) is 0 Å². The van der Waals surface area contributed by atoms with Crippen molar-refractivity contribution < 1.29 is 13.2 Å². The number of sulfonamides is 1. The highest BCUT2D eigenvalue weighted by molar-refractivity contribution is 7.88. The molecule has 1 aliphatic carbocycles. The molecule has 168 valence electrons. The summed E-state index contributed by atoms with van der Waals surface area (Å²) in [5.74, 6) is 1.44. The Hall–Kier alpha value is -2.10. The minimum Gasteiger partial charge on any atom is -0.378 e. The lowest BCUT2D eigenvalue weighted by Crippen LogP contribution is -2.52. The molecule has 1 unspecified atom stereocenters. The third-order valence-electron chi connectivity index (χ3n) is 6.30. The zero-order valence-electron chi connectivity index (χ0n) is 17.9. The van der Waals surface area contributed by atoms with Gasteiger partial charge in [-0.25, -0.2) is 18.1 Å². The smallest absolute Gasteiger partial charge is 0.208 e. The molecule has 1 N–H and O–H groups in total. The van der Waals surface area contributed by atoms with Gasteiger partial charge in [0.1, 0.15) is 5.82 Å². The fourth-order valence-electron chi connectivity index (χ4n) is 4.70. The number of aromatic nitrogens is 3. The van der Waals surface area contributed by atoms with Crippen molar-refractivity contribution in [2.24, 2.45) is 5.92 Å². The van der Waals surface area contributed by atoms with Crippen LogP contribution in [0.25, 0.3) is 0 Å².